The number of hydrogen-bond acceptors (Lipinski definition) is 5. The van der Waals surface area contributed by atoms with E-state index in [1.165, 1.54) is 11.1 Å². The Morgan fingerprint density at radius 2 is 1.56 bits per heavy atom. The second-order valence-corrected chi connectivity index (χ2v) is 9.62. The molecule has 0 saturated carbocycles. The normalized spacial score (nSPS) is 11.6. The van der Waals surface area contributed by atoms with Crippen molar-refractivity contribution in [1.29, 1.82) is 0 Å². The molecule has 1 amide bonds. The van der Waals surface area contributed by atoms with Crippen LogP contribution in [0, 0.1) is 6.92 Å². The van der Waals surface area contributed by atoms with Crippen molar-refractivity contribution in [2.24, 2.45) is 0 Å². The predicted molar refractivity (Wildman–Crippen MR) is 154 cm³/mol. The number of ether oxygens (including phenoxy) is 2. The van der Waals surface area contributed by atoms with Gasteiger partial charge in [-0.3, -0.25) is 9.59 Å². The van der Waals surface area contributed by atoms with E-state index in [0.29, 0.717) is 22.3 Å². The summed E-state index contributed by atoms with van der Waals surface area (Å²) in [5.74, 6) is 1.26. The predicted octanol–water partition coefficient (Wildman–Crippen LogP) is 6.20. The molecule has 1 aliphatic carbocycles. The number of ketones is 1. The summed E-state index contributed by atoms with van der Waals surface area (Å²) in [6.07, 6.45) is 1.92. The number of carbonyl (C=O) groups is 2. The average Bonchev–Trinajstić information content (AvgIpc) is 3.26. The van der Waals surface area contributed by atoms with Gasteiger partial charge in [0.05, 0.1) is 14.2 Å². The van der Waals surface area contributed by atoms with Crippen LogP contribution in [0.25, 0.3) is 11.1 Å². The molecule has 0 atom stereocenters. The highest BCUT2D eigenvalue weighted by Crippen LogP contribution is 2.39. The number of nitrogens with one attached hydrogen (secondary N) is 2. The Bertz CT molecular complexity index is 1530. The van der Waals surface area contributed by atoms with Gasteiger partial charge < -0.3 is 20.1 Å². The summed E-state index contributed by atoms with van der Waals surface area (Å²) < 4.78 is 10.9. The van der Waals surface area contributed by atoms with Gasteiger partial charge >= 0.3 is 0 Å². The van der Waals surface area contributed by atoms with Crippen LogP contribution in [0.2, 0.25) is 0 Å². The first-order valence-electron chi connectivity index (χ1n) is 13.1. The lowest BCUT2D eigenvalue weighted by Gasteiger charge is -2.14. The highest BCUT2D eigenvalue weighted by molar-refractivity contribution is 6.25. The molecule has 0 unspecified atom stereocenters. The van der Waals surface area contributed by atoms with Gasteiger partial charge in [-0.1, -0.05) is 54.6 Å². The van der Waals surface area contributed by atoms with E-state index in [9.17, 15) is 9.59 Å². The molecular formula is C33H32N2O4. The topological polar surface area (TPSA) is 76.7 Å². The molecule has 5 rings (SSSR count). The molecule has 1 aliphatic rings. The fourth-order valence-corrected chi connectivity index (χ4v) is 5.17. The fourth-order valence-electron chi connectivity index (χ4n) is 5.17. The summed E-state index contributed by atoms with van der Waals surface area (Å²) in [7, 11) is 3.31. The number of amides is 1. The SMILES string of the molecule is COc1ccc(CNCCCc2ccc(NC(=O)c3cccc4c3-c3ccccc3C4=O)cc2)c(C)c1OC. The first kappa shape index (κ1) is 26.2. The maximum absolute atomic E-state index is 13.2. The zero-order valence-electron chi connectivity index (χ0n) is 22.5. The van der Waals surface area contributed by atoms with Crippen molar-refractivity contribution in [3.05, 3.63) is 112 Å². The van der Waals surface area contributed by atoms with Crippen LogP contribution >= 0.6 is 0 Å². The van der Waals surface area contributed by atoms with Gasteiger partial charge in [0, 0.05) is 34.5 Å². The van der Waals surface area contributed by atoms with Gasteiger partial charge in [-0.25, -0.2) is 0 Å². The van der Waals surface area contributed by atoms with E-state index < -0.39 is 0 Å². The molecule has 0 fully saturated rings. The molecule has 0 aliphatic heterocycles. The minimum atomic E-state index is -0.223. The van der Waals surface area contributed by atoms with Gasteiger partial charge in [0.25, 0.3) is 5.91 Å². The maximum atomic E-state index is 13.2. The van der Waals surface area contributed by atoms with Crippen LogP contribution in [-0.2, 0) is 13.0 Å². The summed E-state index contributed by atoms with van der Waals surface area (Å²) in [5, 5.41) is 6.51. The molecule has 198 valence electrons. The summed E-state index contributed by atoms with van der Waals surface area (Å²) in [5.41, 5.74) is 7.45. The molecule has 0 aromatic heterocycles. The number of aryl methyl sites for hydroxylation is 1. The first-order chi connectivity index (χ1) is 19.0. The van der Waals surface area contributed by atoms with E-state index in [4.69, 9.17) is 9.47 Å². The van der Waals surface area contributed by atoms with Gasteiger partial charge in [-0.15, -0.1) is 0 Å². The van der Waals surface area contributed by atoms with Gasteiger partial charge in [0.2, 0.25) is 0 Å². The number of fused-ring (bicyclic) bond motifs is 3. The number of hydrogen-bond donors (Lipinski definition) is 2. The second kappa shape index (κ2) is 11.5. The van der Waals surface area contributed by atoms with Crippen LogP contribution in [0.4, 0.5) is 5.69 Å². The van der Waals surface area contributed by atoms with Crippen LogP contribution < -0.4 is 20.1 Å². The number of carbonyl (C=O) groups excluding carboxylic acids is 2. The Morgan fingerprint density at radius 1 is 0.821 bits per heavy atom. The zero-order chi connectivity index (χ0) is 27.4. The molecule has 0 saturated heterocycles. The Labute approximate surface area is 229 Å². The molecule has 0 radical (unpaired) electrons. The van der Waals surface area contributed by atoms with Crippen molar-refractivity contribution in [3.8, 4) is 22.6 Å². The van der Waals surface area contributed by atoms with E-state index in [1.54, 1.807) is 32.4 Å². The van der Waals surface area contributed by atoms with Crippen molar-refractivity contribution < 1.29 is 19.1 Å². The van der Waals surface area contributed by atoms with E-state index in [-0.39, 0.29) is 11.7 Å². The summed E-state index contributed by atoms with van der Waals surface area (Å²) >= 11 is 0. The third-order valence-electron chi connectivity index (χ3n) is 7.25. The van der Waals surface area contributed by atoms with Gasteiger partial charge in [0.15, 0.2) is 17.3 Å². The highest BCUT2D eigenvalue weighted by atomic mass is 16.5. The van der Waals surface area contributed by atoms with Crippen LogP contribution in [-0.4, -0.2) is 32.5 Å². The largest absolute Gasteiger partial charge is 0.493 e. The molecule has 4 aromatic rings. The smallest absolute Gasteiger partial charge is 0.256 e. The minimum Gasteiger partial charge on any atom is -0.493 e. The van der Waals surface area contributed by atoms with Crippen molar-refractivity contribution in [2.75, 3.05) is 26.1 Å². The molecule has 4 aromatic carbocycles. The average molecular weight is 521 g/mol. The van der Waals surface area contributed by atoms with Crippen LogP contribution in [0.1, 0.15) is 49.4 Å². The fraction of sp³-hybridized carbons (Fsp3) is 0.212. The first-order valence-corrected chi connectivity index (χ1v) is 13.1. The number of methoxy groups -OCH3 is 2. The monoisotopic (exact) mass is 520 g/mol. The summed E-state index contributed by atoms with van der Waals surface area (Å²) in [6.45, 7) is 3.68. The van der Waals surface area contributed by atoms with Crippen molar-refractivity contribution >= 4 is 17.4 Å². The van der Waals surface area contributed by atoms with Crippen molar-refractivity contribution in [2.45, 2.75) is 26.3 Å². The Balaban J connectivity index is 1.15. The Hall–Kier alpha value is -4.42. The molecular weight excluding hydrogens is 488 g/mol. The molecule has 6 heteroatoms. The van der Waals surface area contributed by atoms with Gasteiger partial charge in [-0.05, 0) is 72.8 Å². The number of rotatable bonds is 10. The highest BCUT2D eigenvalue weighted by Gasteiger charge is 2.30. The molecule has 2 N–H and O–H groups in total. The lowest BCUT2D eigenvalue weighted by Crippen LogP contribution is -2.16. The van der Waals surface area contributed by atoms with E-state index in [2.05, 4.69) is 16.7 Å². The summed E-state index contributed by atoms with van der Waals surface area (Å²) in [6, 6.07) is 24.7. The lowest BCUT2D eigenvalue weighted by atomic mass is 9.99. The molecule has 0 spiro atoms. The molecule has 39 heavy (non-hydrogen) atoms. The number of anilines is 1. The Kier molecular flexibility index (Phi) is 7.75. The van der Waals surface area contributed by atoms with E-state index in [0.717, 1.165) is 54.2 Å². The summed E-state index contributed by atoms with van der Waals surface area (Å²) in [4.78, 5) is 26.0. The van der Waals surface area contributed by atoms with Crippen molar-refractivity contribution in [3.63, 3.8) is 0 Å². The van der Waals surface area contributed by atoms with E-state index in [1.807, 2.05) is 61.5 Å². The zero-order valence-corrected chi connectivity index (χ0v) is 22.5. The molecule has 0 bridgehead atoms. The van der Waals surface area contributed by atoms with Crippen LogP contribution in [0.5, 0.6) is 11.5 Å². The number of benzene rings is 4. The third kappa shape index (κ3) is 5.29. The van der Waals surface area contributed by atoms with E-state index >= 15 is 0 Å². The van der Waals surface area contributed by atoms with Crippen molar-refractivity contribution in [1.82, 2.24) is 5.32 Å². The van der Waals surface area contributed by atoms with Crippen LogP contribution in [0.15, 0.2) is 78.9 Å². The molecule has 6 nitrogen and oxygen atoms in total. The van der Waals surface area contributed by atoms with Gasteiger partial charge in [0.1, 0.15) is 0 Å². The van der Waals surface area contributed by atoms with Crippen LogP contribution in [0.3, 0.4) is 0 Å². The maximum Gasteiger partial charge on any atom is 0.256 e. The quantitative estimate of drug-likeness (QED) is 0.215. The molecule has 0 heterocycles. The van der Waals surface area contributed by atoms with Gasteiger partial charge in [-0.2, -0.15) is 0 Å². The standard InChI is InChI=1S/C33H32N2O4/c1-21-23(15-18-29(38-2)32(21)39-3)20-34-19-7-8-22-13-16-24(17-14-22)35-33(37)28-12-6-11-27-30(28)25-9-4-5-10-26(25)31(27)36/h4-6,9-18,34H,7-8,19-20H2,1-3H3,(H,35,37). The minimum absolute atomic E-state index is 0.0343. The second-order valence-electron chi connectivity index (χ2n) is 9.62. The third-order valence-corrected chi connectivity index (χ3v) is 7.25. The lowest BCUT2D eigenvalue weighted by molar-refractivity contribution is 0.102. The Morgan fingerprint density at radius 3 is 2.31 bits per heavy atom.